The van der Waals surface area contributed by atoms with Crippen LogP contribution in [0, 0.1) is 0 Å². The average molecular weight is 571 g/mol. The molecule has 0 saturated carbocycles. The van der Waals surface area contributed by atoms with Crippen LogP contribution in [0.25, 0.3) is 5.76 Å². The Balaban J connectivity index is 1.62. The molecule has 1 aliphatic heterocycles. The molecular formula is C30H23BrN2O5. The van der Waals surface area contributed by atoms with Crippen LogP contribution >= 0.6 is 15.9 Å². The van der Waals surface area contributed by atoms with Crippen LogP contribution in [-0.2, 0) is 16.1 Å². The number of ketones is 1. The Morgan fingerprint density at radius 3 is 2.47 bits per heavy atom. The lowest BCUT2D eigenvalue weighted by molar-refractivity contribution is -0.140. The van der Waals surface area contributed by atoms with Gasteiger partial charge >= 0.3 is 0 Å². The number of amides is 1. The number of para-hydroxylation sites is 1. The third kappa shape index (κ3) is 5.03. The van der Waals surface area contributed by atoms with Crippen LogP contribution in [0.3, 0.4) is 0 Å². The van der Waals surface area contributed by atoms with E-state index in [1.807, 2.05) is 42.5 Å². The molecule has 1 fully saturated rings. The summed E-state index contributed by atoms with van der Waals surface area (Å²) in [6.45, 7) is 0.135. The number of hydrogen-bond donors (Lipinski definition) is 1. The number of aliphatic hydroxyl groups is 1. The monoisotopic (exact) mass is 570 g/mol. The van der Waals surface area contributed by atoms with E-state index >= 15 is 0 Å². The summed E-state index contributed by atoms with van der Waals surface area (Å²) < 4.78 is 11.9. The van der Waals surface area contributed by atoms with Crippen LogP contribution in [-0.4, -0.2) is 33.8 Å². The normalized spacial score (nSPS) is 16.5. The number of nitrogens with zero attached hydrogens (tertiary/aromatic N) is 2. The van der Waals surface area contributed by atoms with Crippen LogP contribution in [0.15, 0.2) is 107 Å². The van der Waals surface area contributed by atoms with E-state index in [2.05, 4.69) is 20.9 Å². The number of aliphatic hydroxyl groups excluding tert-OH is 1. The number of likely N-dealkylation sites (tertiary alicyclic amines) is 1. The van der Waals surface area contributed by atoms with E-state index in [-0.39, 0.29) is 17.9 Å². The topological polar surface area (TPSA) is 89.0 Å². The standard InChI is InChI=1S/C30H23BrN2O5/c1-37-25-13-12-21(16-24(25)31)28(34)26-27(33(30(36)29(26)35)18-19-7-6-14-32-17-19)20-8-5-11-23(15-20)38-22-9-3-2-4-10-22/h2-17,27,34H,18H2,1H3/b28-26+. The summed E-state index contributed by atoms with van der Waals surface area (Å²) in [5.41, 5.74) is 1.74. The second-order valence-corrected chi connectivity index (χ2v) is 9.48. The van der Waals surface area contributed by atoms with Gasteiger partial charge in [-0.2, -0.15) is 0 Å². The largest absolute Gasteiger partial charge is 0.507 e. The molecule has 4 aromatic rings. The highest BCUT2D eigenvalue weighted by molar-refractivity contribution is 9.10. The van der Waals surface area contributed by atoms with Crippen molar-refractivity contribution in [3.05, 3.63) is 124 Å². The van der Waals surface area contributed by atoms with Gasteiger partial charge in [0.15, 0.2) is 0 Å². The van der Waals surface area contributed by atoms with E-state index in [0.29, 0.717) is 32.8 Å². The molecule has 1 saturated heterocycles. The zero-order valence-electron chi connectivity index (χ0n) is 20.4. The predicted molar refractivity (Wildman–Crippen MR) is 146 cm³/mol. The highest BCUT2D eigenvalue weighted by Crippen LogP contribution is 2.42. The maximum absolute atomic E-state index is 13.4. The summed E-state index contributed by atoms with van der Waals surface area (Å²) in [6, 6.07) is 24.2. The molecule has 3 aromatic carbocycles. The number of benzene rings is 3. The fourth-order valence-electron chi connectivity index (χ4n) is 4.42. The van der Waals surface area contributed by atoms with Gasteiger partial charge in [-0.15, -0.1) is 0 Å². The summed E-state index contributed by atoms with van der Waals surface area (Å²) in [5.74, 6) is 0.00530. The van der Waals surface area contributed by atoms with Crippen molar-refractivity contribution >= 4 is 33.4 Å². The van der Waals surface area contributed by atoms with Crippen molar-refractivity contribution in [3.8, 4) is 17.2 Å². The van der Waals surface area contributed by atoms with E-state index in [1.165, 1.54) is 12.0 Å². The highest BCUT2D eigenvalue weighted by Gasteiger charge is 2.46. The van der Waals surface area contributed by atoms with Gasteiger partial charge in [-0.1, -0.05) is 36.4 Å². The van der Waals surface area contributed by atoms with Gasteiger partial charge in [-0.25, -0.2) is 0 Å². The van der Waals surface area contributed by atoms with E-state index in [9.17, 15) is 14.7 Å². The average Bonchev–Trinajstić information content (AvgIpc) is 3.19. The summed E-state index contributed by atoms with van der Waals surface area (Å²) in [7, 11) is 1.54. The first-order chi connectivity index (χ1) is 18.5. The van der Waals surface area contributed by atoms with Crippen molar-refractivity contribution in [2.75, 3.05) is 7.11 Å². The molecule has 5 rings (SSSR count). The molecule has 7 nitrogen and oxygen atoms in total. The third-order valence-electron chi connectivity index (χ3n) is 6.19. The number of rotatable bonds is 7. The number of carbonyl (C=O) groups is 2. The van der Waals surface area contributed by atoms with E-state index < -0.39 is 17.7 Å². The third-order valence-corrected chi connectivity index (χ3v) is 6.81. The Labute approximate surface area is 228 Å². The Bertz CT molecular complexity index is 1520. The second kappa shape index (κ2) is 10.9. The van der Waals surface area contributed by atoms with Gasteiger partial charge < -0.3 is 19.5 Å². The molecule has 1 atom stereocenters. The number of aromatic nitrogens is 1. The number of hydrogen-bond acceptors (Lipinski definition) is 6. The van der Waals surface area contributed by atoms with Crippen molar-refractivity contribution in [2.24, 2.45) is 0 Å². The summed E-state index contributed by atoms with van der Waals surface area (Å²) in [5, 5.41) is 11.4. The molecule has 1 N–H and O–H groups in total. The van der Waals surface area contributed by atoms with Crippen LogP contribution in [0.2, 0.25) is 0 Å². The molecular weight excluding hydrogens is 548 g/mol. The molecule has 0 aliphatic carbocycles. The number of halogens is 1. The first-order valence-corrected chi connectivity index (χ1v) is 12.6. The van der Waals surface area contributed by atoms with Gasteiger partial charge in [-0.05, 0) is 75.6 Å². The number of methoxy groups -OCH3 is 1. The van der Waals surface area contributed by atoms with Crippen molar-refractivity contribution in [1.29, 1.82) is 0 Å². The summed E-state index contributed by atoms with van der Waals surface area (Å²) in [6.07, 6.45) is 3.28. The Hall–Kier alpha value is -4.43. The van der Waals surface area contributed by atoms with Crippen LogP contribution in [0.5, 0.6) is 17.2 Å². The quantitative estimate of drug-likeness (QED) is 0.160. The Morgan fingerprint density at radius 1 is 0.974 bits per heavy atom. The molecule has 38 heavy (non-hydrogen) atoms. The minimum atomic E-state index is -0.851. The molecule has 190 valence electrons. The Morgan fingerprint density at radius 2 is 1.76 bits per heavy atom. The van der Waals surface area contributed by atoms with Gasteiger partial charge in [0.25, 0.3) is 11.7 Å². The van der Waals surface area contributed by atoms with Crippen molar-refractivity contribution in [2.45, 2.75) is 12.6 Å². The van der Waals surface area contributed by atoms with Crippen molar-refractivity contribution in [3.63, 3.8) is 0 Å². The lowest BCUT2D eigenvalue weighted by Gasteiger charge is -2.25. The molecule has 8 heteroatoms. The fraction of sp³-hybridized carbons (Fsp3) is 0.100. The maximum Gasteiger partial charge on any atom is 0.295 e. The van der Waals surface area contributed by atoms with E-state index in [4.69, 9.17) is 9.47 Å². The smallest absolute Gasteiger partial charge is 0.295 e. The molecule has 0 bridgehead atoms. The molecule has 1 unspecified atom stereocenters. The van der Waals surface area contributed by atoms with Crippen LogP contribution < -0.4 is 9.47 Å². The minimum absolute atomic E-state index is 0.00665. The number of carbonyl (C=O) groups excluding carboxylic acids is 2. The first-order valence-electron chi connectivity index (χ1n) is 11.8. The van der Waals surface area contributed by atoms with Gasteiger partial charge in [-0.3, -0.25) is 14.6 Å². The van der Waals surface area contributed by atoms with Crippen molar-refractivity contribution in [1.82, 2.24) is 9.88 Å². The summed E-state index contributed by atoms with van der Waals surface area (Å²) >= 11 is 3.42. The zero-order valence-corrected chi connectivity index (χ0v) is 22.0. The number of pyridine rings is 1. The highest BCUT2D eigenvalue weighted by atomic mass is 79.9. The SMILES string of the molecule is COc1ccc(/C(O)=C2\C(=O)C(=O)N(Cc3cccnc3)C2c2cccc(Oc3ccccc3)c2)cc1Br. The van der Waals surface area contributed by atoms with Gasteiger partial charge in [0.05, 0.1) is 23.2 Å². The van der Waals surface area contributed by atoms with E-state index in [1.54, 1.807) is 54.9 Å². The van der Waals surface area contributed by atoms with Gasteiger partial charge in [0.1, 0.15) is 23.0 Å². The molecule has 0 spiro atoms. The van der Waals surface area contributed by atoms with E-state index in [0.717, 1.165) is 5.56 Å². The molecule has 1 amide bonds. The summed E-state index contributed by atoms with van der Waals surface area (Å²) in [4.78, 5) is 32.3. The van der Waals surface area contributed by atoms with Crippen LogP contribution in [0.4, 0.5) is 0 Å². The number of ether oxygens (including phenoxy) is 2. The fourth-order valence-corrected chi connectivity index (χ4v) is 4.96. The molecule has 2 heterocycles. The lowest BCUT2D eigenvalue weighted by atomic mass is 9.95. The van der Waals surface area contributed by atoms with Gasteiger partial charge in [0, 0.05) is 24.5 Å². The number of Topliss-reactive ketones (excluding diaryl/α,β-unsaturated/α-hetero) is 1. The predicted octanol–water partition coefficient (Wildman–Crippen LogP) is 6.27. The van der Waals surface area contributed by atoms with Crippen molar-refractivity contribution < 1.29 is 24.2 Å². The maximum atomic E-state index is 13.4. The molecule has 0 radical (unpaired) electrons. The molecule has 1 aliphatic rings. The first kappa shape index (κ1) is 25.2. The second-order valence-electron chi connectivity index (χ2n) is 8.63. The van der Waals surface area contributed by atoms with Gasteiger partial charge in [0.2, 0.25) is 0 Å². The lowest BCUT2D eigenvalue weighted by Crippen LogP contribution is -2.29. The minimum Gasteiger partial charge on any atom is -0.507 e. The zero-order chi connectivity index (χ0) is 26.6. The van der Waals surface area contributed by atoms with Crippen LogP contribution in [0.1, 0.15) is 22.7 Å². The molecule has 1 aromatic heterocycles. The Kier molecular flexibility index (Phi) is 7.24.